The van der Waals surface area contributed by atoms with E-state index in [1.54, 1.807) is 0 Å². The predicted molar refractivity (Wildman–Crippen MR) is 65.5 cm³/mol. The number of rotatable bonds is 3. The van der Waals surface area contributed by atoms with Gasteiger partial charge < -0.3 is 0 Å². The highest BCUT2D eigenvalue weighted by atomic mass is 79.9. The Morgan fingerprint density at radius 2 is 1.69 bits per heavy atom. The summed E-state index contributed by atoms with van der Waals surface area (Å²) < 4.78 is 1.15. The number of alkyl halides is 1. The highest BCUT2D eigenvalue weighted by Gasteiger charge is 2.13. The Hall–Kier alpha value is 0.180. The average molecular weight is 306 g/mol. The van der Waals surface area contributed by atoms with Crippen molar-refractivity contribution in [2.45, 2.75) is 19.8 Å². The molecule has 0 fully saturated rings. The van der Waals surface area contributed by atoms with E-state index in [-0.39, 0.29) is 0 Å². The molecule has 0 spiro atoms. The second-order valence-corrected chi connectivity index (χ2v) is 5.12. The van der Waals surface area contributed by atoms with E-state index in [0.717, 1.165) is 9.80 Å². The highest BCUT2D eigenvalue weighted by molar-refractivity contribution is 9.10. The maximum Gasteiger partial charge on any atom is 0.0175 e. The minimum atomic E-state index is 0.619. The molecule has 72 valence electrons. The van der Waals surface area contributed by atoms with Gasteiger partial charge in [-0.1, -0.05) is 57.8 Å². The van der Waals surface area contributed by atoms with Crippen LogP contribution < -0.4 is 0 Å². The number of benzene rings is 1. The standard InChI is InChI=1S/C11H14Br2/c1-8(2)11(7-12)9-3-5-10(13)6-4-9/h3-6,8,11H,7H2,1-2H3. The van der Waals surface area contributed by atoms with Crippen molar-refractivity contribution in [3.8, 4) is 0 Å². The lowest BCUT2D eigenvalue weighted by Gasteiger charge is -2.18. The molecule has 0 saturated carbocycles. The smallest absolute Gasteiger partial charge is 0.0175 e. The molecule has 1 rings (SSSR count). The molecule has 1 aromatic carbocycles. The van der Waals surface area contributed by atoms with Gasteiger partial charge in [0.05, 0.1) is 0 Å². The van der Waals surface area contributed by atoms with Crippen LogP contribution >= 0.6 is 31.9 Å². The first kappa shape index (κ1) is 11.3. The summed E-state index contributed by atoms with van der Waals surface area (Å²) in [4.78, 5) is 0. The van der Waals surface area contributed by atoms with E-state index in [1.165, 1.54) is 5.56 Å². The Balaban J connectivity index is 2.86. The van der Waals surface area contributed by atoms with Crippen molar-refractivity contribution >= 4 is 31.9 Å². The molecule has 13 heavy (non-hydrogen) atoms. The van der Waals surface area contributed by atoms with E-state index < -0.39 is 0 Å². The number of hydrogen-bond acceptors (Lipinski definition) is 0. The van der Waals surface area contributed by atoms with Gasteiger partial charge >= 0.3 is 0 Å². The maximum absolute atomic E-state index is 3.56. The molecule has 1 atom stereocenters. The molecule has 0 aliphatic heterocycles. The SMILES string of the molecule is CC(C)C(CBr)c1ccc(Br)cc1. The van der Waals surface area contributed by atoms with Gasteiger partial charge in [0.25, 0.3) is 0 Å². The zero-order valence-corrected chi connectivity index (χ0v) is 11.1. The van der Waals surface area contributed by atoms with Crippen molar-refractivity contribution in [2.75, 3.05) is 5.33 Å². The summed E-state index contributed by atoms with van der Waals surface area (Å²) in [6.07, 6.45) is 0. The Morgan fingerprint density at radius 1 is 1.15 bits per heavy atom. The van der Waals surface area contributed by atoms with Crippen LogP contribution in [0.4, 0.5) is 0 Å². The summed E-state index contributed by atoms with van der Waals surface area (Å²) in [5.41, 5.74) is 1.41. The van der Waals surface area contributed by atoms with Gasteiger partial charge in [-0.05, 0) is 29.5 Å². The zero-order chi connectivity index (χ0) is 9.84. The Morgan fingerprint density at radius 3 is 2.08 bits per heavy atom. The minimum absolute atomic E-state index is 0.619. The molecular weight excluding hydrogens is 292 g/mol. The molecule has 1 unspecified atom stereocenters. The van der Waals surface area contributed by atoms with Gasteiger partial charge in [0.15, 0.2) is 0 Å². The molecular formula is C11H14Br2. The third kappa shape index (κ3) is 3.10. The van der Waals surface area contributed by atoms with Gasteiger partial charge in [0.2, 0.25) is 0 Å². The van der Waals surface area contributed by atoms with Crippen molar-refractivity contribution in [1.82, 2.24) is 0 Å². The molecule has 2 heteroatoms. The number of halogens is 2. The van der Waals surface area contributed by atoms with Crippen LogP contribution in [-0.4, -0.2) is 5.33 Å². The summed E-state index contributed by atoms with van der Waals surface area (Å²) in [5.74, 6) is 1.30. The van der Waals surface area contributed by atoms with Crippen LogP contribution in [0, 0.1) is 5.92 Å². The van der Waals surface area contributed by atoms with Gasteiger partial charge in [-0.25, -0.2) is 0 Å². The maximum atomic E-state index is 3.56. The first-order valence-corrected chi connectivity index (χ1v) is 6.38. The minimum Gasteiger partial charge on any atom is -0.0921 e. The van der Waals surface area contributed by atoms with Crippen molar-refractivity contribution in [1.29, 1.82) is 0 Å². The molecule has 0 saturated heterocycles. The lowest BCUT2D eigenvalue weighted by Crippen LogP contribution is -2.07. The van der Waals surface area contributed by atoms with E-state index in [9.17, 15) is 0 Å². The molecule has 0 N–H and O–H groups in total. The Bertz CT molecular complexity index is 251. The first-order valence-electron chi connectivity index (χ1n) is 4.46. The van der Waals surface area contributed by atoms with Crippen molar-refractivity contribution in [3.05, 3.63) is 34.3 Å². The van der Waals surface area contributed by atoms with E-state index in [4.69, 9.17) is 0 Å². The normalized spacial score (nSPS) is 13.3. The fraction of sp³-hybridized carbons (Fsp3) is 0.455. The second-order valence-electron chi connectivity index (χ2n) is 3.56. The summed E-state index contributed by atoms with van der Waals surface area (Å²) in [6, 6.07) is 8.59. The van der Waals surface area contributed by atoms with Gasteiger partial charge in [-0.3, -0.25) is 0 Å². The fourth-order valence-corrected chi connectivity index (χ4v) is 2.75. The summed E-state index contributed by atoms with van der Waals surface area (Å²) in [5, 5.41) is 1.03. The van der Waals surface area contributed by atoms with E-state index >= 15 is 0 Å². The first-order chi connectivity index (χ1) is 6.15. The third-order valence-corrected chi connectivity index (χ3v) is 3.50. The van der Waals surface area contributed by atoms with Crippen molar-refractivity contribution < 1.29 is 0 Å². The van der Waals surface area contributed by atoms with Crippen molar-refractivity contribution in [3.63, 3.8) is 0 Å². The molecule has 0 heterocycles. The monoisotopic (exact) mass is 304 g/mol. The molecule has 0 bridgehead atoms. The predicted octanol–water partition coefficient (Wildman–Crippen LogP) is 4.58. The topological polar surface area (TPSA) is 0 Å². The summed E-state index contributed by atoms with van der Waals surface area (Å²) >= 11 is 7.00. The quantitative estimate of drug-likeness (QED) is 0.717. The Labute approximate surface area is 97.0 Å². The molecule has 0 nitrogen and oxygen atoms in total. The van der Waals surface area contributed by atoms with E-state index in [0.29, 0.717) is 11.8 Å². The van der Waals surface area contributed by atoms with Gasteiger partial charge in [0, 0.05) is 9.80 Å². The highest BCUT2D eigenvalue weighted by Crippen LogP contribution is 2.27. The van der Waals surface area contributed by atoms with E-state index in [2.05, 4.69) is 70.0 Å². The van der Waals surface area contributed by atoms with Gasteiger partial charge in [-0.15, -0.1) is 0 Å². The summed E-state index contributed by atoms with van der Waals surface area (Å²) in [7, 11) is 0. The van der Waals surface area contributed by atoms with Crippen LogP contribution in [0.5, 0.6) is 0 Å². The number of hydrogen-bond donors (Lipinski definition) is 0. The van der Waals surface area contributed by atoms with Gasteiger partial charge in [0.1, 0.15) is 0 Å². The molecule has 0 amide bonds. The van der Waals surface area contributed by atoms with Crippen LogP contribution in [0.3, 0.4) is 0 Å². The average Bonchev–Trinajstić information content (AvgIpc) is 2.09. The summed E-state index contributed by atoms with van der Waals surface area (Å²) in [6.45, 7) is 4.52. The molecule has 0 aliphatic rings. The van der Waals surface area contributed by atoms with E-state index in [1.807, 2.05) is 0 Å². The molecule has 1 aromatic rings. The van der Waals surface area contributed by atoms with Gasteiger partial charge in [-0.2, -0.15) is 0 Å². The fourth-order valence-electron chi connectivity index (χ4n) is 1.36. The van der Waals surface area contributed by atoms with Crippen molar-refractivity contribution in [2.24, 2.45) is 5.92 Å². The Kier molecular flexibility index (Phi) is 4.47. The lowest BCUT2D eigenvalue weighted by molar-refractivity contribution is 0.544. The zero-order valence-electron chi connectivity index (χ0n) is 7.93. The van der Waals surface area contributed by atoms with Crippen LogP contribution in [0.1, 0.15) is 25.3 Å². The van der Waals surface area contributed by atoms with Crippen LogP contribution in [0.15, 0.2) is 28.7 Å². The second kappa shape index (κ2) is 5.16. The largest absolute Gasteiger partial charge is 0.0921 e. The lowest BCUT2D eigenvalue weighted by atomic mass is 9.90. The third-order valence-electron chi connectivity index (χ3n) is 2.27. The molecule has 0 aliphatic carbocycles. The van der Waals surface area contributed by atoms with Crippen LogP contribution in [-0.2, 0) is 0 Å². The van der Waals surface area contributed by atoms with Crippen LogP contribution in [0.2, 0.25) is 0 Å². The molecule has 0 radical (unpaired) electrons. The van der Waals surface area contributed by atoms with Crippen LogP contribution in [0.25, 0.3) is 0 Å². The molecule has 0 aromatic heterocycles.